The summed E-state index contributed by atoms with van der Waals surface area (Å²) in [5.41, 5.74) is 13.3. The Morgan fingerprint density at radius 3 is 2.14 bits per heavy atom. The normalized spacial score (nSPS) is 13.7. The molecule has 1 aliphatic carbocycles. The lowest BCUT2D eigenvalue weighted by Crippen LogP contribution is -2.15. The Hall–Kier alpha value is -5.84. The monoisotopic (exact) mass is 644 g/mol. The van der Waals surface area contributed by atoms with Gasteiger partial charge in [0.15, 0.2) is 0 Å². The van der Waals surface area contributed by atoms with Crippen molar-refractivity contribution < 1.29 is 4.42 Å². The quantitative estimate of drug-likeness (QED) is 0.176. The molecule has 230 valence electrons. The second kappa shape index (κ2) is 9.62. The molecule has 49 heavy (non-hydrogen) atoms. The van der Waals surface area contributed by atoms with E-state index in [1.165, 1.54) is 58.9 Å². The SMILES string of the molecule is CC1(C)c2ccccc2-c2c1cc(-c1cccc3c1sc1c(-c4ccc5ccc6cccnc6c5n4)cccc13)c1c2oc2ccccc21. The molecule has 3 nitrogen and oxygen atoms in total. The van der Waals surface area contributed by atoms with Crippen LogP contribution < -0.4 is 0 Å². The zero-order valence-corrected chi connectivity index (χ0v) is 27.7. The Kier molecular flexibility index (Phi) is 5.33. The average molecular weight is 645 g/mol. The first kappa shape index (κ1) is 27.1. The van der Waals surface area contributed by atoms with Gasteiger partial charge in [-0.25, -0.2) is 4.98 Å². The summed E-state index contributed by atoms with van der Waals surface area (Å²) in [5, 5.41) is 7.04. The van der Waals surface area contributed by atoms with E-state index < -0.39 is 0 Å². The highest BCUT2D eigenvalue weighted by molar-refractivity contribution is 7.26. The second-order valence-corrected chi connectivity index (χ2v) is 14.7. The van der Waals surface area contributed by atoms with Gasteiger partial charge < -0.3 is 4.42 Å². The summed E-state index contributed by atoms with van der Waals surface area (Å²) in [6.45, 7) is 4.69. The minimum Gasteiger partial charge on any atom is -0.455 e. The van der Waals surface area contributed by atoms with Gasteiger partial charge in [0.2, 0.25) is 0 Å². The maximum absolute atomic E-state index is 6.81. The summed E-state index contributed by atoms with van der Waals surface area (Å²) in [7, 11) is 0. The summed E-state index contributed by atoms with van der Waals surface area (Å²) in [4.78, 5) is 9.96. The first-order chi connectivity index (χ1) is 24.1. The van der Waals surface area contributed by atoms with E-state index >= 15 is 0 Å². The van der Waals surface area contributed by atoms with E-state index in [-0.39, 0.29) is 5.41 Å². The molecule has 11 rings (SSSR count). The Labute approximate surface area is 286 Å². The number of nitrogens with zero attached hydrogens (tertiary/aromatic N) is 2. The summed E-state index contributed by atoms with van der Waals surface area (Å²) >= 11 is 1.86. The van der Waals surface area contributed by atoms with Crippen molar-refractivity contribution in [1.29, 1.82) is 0 Å². The number of thiophene rings is 1. The molecule has 0 unspecified atom stereocenters. The zero-order valence-electron chi connectivity index (χ0n) is 26.9. The summed E-state index contributed by atoms with van der Waals surface area (Å²) in [6.07, 6.45) is 1.85. The molecular weight excluding hydrogens is 617 g/mol. The molecule has 0 aliphatic heterocycles. The van der Waals surface area contributed by atoms with Crippen LogP contribution in [0.4, 0.5) is 0 Å². The molecule has 4 heteroatoms. The Morgan fingerprint density at radius 1 is 0.571 bits per heavy atom. The Bertz CT molecular complexity index is 3040. The largest absolute Gasteiger partial charge is 0.455 e. The molecule has 4 heterocycles. The summed E-state index contributed by atoms with van der Waals surface area (Å²) in [6, 6.07) is 45.8. The molecule has 4 aromatic heterocycles. The van der Waals surface area contributed by atoms with Crippen molar-refractivity contribution in [2.24, 2.45) is 0 Å². The van der Waals surface area contributed by atoms with E-state index in [2.05, 4.69) is 135 Å². The molecule has 0 N–H and O–H groups in total. The van der Waals surface area contributed by atoms with Crippen LogP contribution in [-0.2, 0) is 5.41 Å². The van der Waals surface area contributed by atoms with Crippen molar-refractivity contribution in [3.63, 3.8) is 0 Å². The zero-order chi connectivity index (χ0) is 32.4. The Morgan fingerprint density at radius 2 is 1.27 bits per heavy atom. The van der Waals surface area contributed by atoms with Gasteiger partial charge in [-0.15, -0.1) is 11.3 Å². The van der Waals surface area contributed by atoms with Crippen LogP contribution >= 0.6 is 11.3 Å². The van der Waals surface area contributed by atoms with Crippen LogP contribution in [0, 0.1) is 0 Å². The number of para-hydroxylation sites is 1. The minimum atomic E-state index is -0.157. The molecule has 0 fully saturated rings. The number of rotatable bonds is 2. The van der Waals surface area contributed by atoms with E-state index in [0.717, 1.165) is 49.6 Å². The van der Waals surface area contributed by atoms with Crippen LogP contribution in [0.1, 0.15) is 25.0 Å². The highest BCUT2D eigenvalue weighted by atomic mass is 32.1. The van der Waals surface area contributed by atoms with Crippen molar-refractivity contribution in [3.8, 4) is 33.5 Å². The smallest absolute Gasteiger partial charge is 0.144 e. The van der Waals surface area contributed by atoms with E-state index in [1.807, 2.05) is 23.6 Å². The van der Waals surface area contributed by atoms with Crippen LogP contribution in [0.3, 0.4) is 0 Å². The van der Waals surface area contributed by atoms with Crippen LogP contribution in [-0.4, -0.2) is 9.97 Å². The van der Waals surface area contributed by atoms with Gasteiger partial charge in [-0.1, -0.05) is 117 Å². The molecule has 1 aliphatic rings. The first-order valence-electron chi connectivity index (χ1n) is 16.7. The van der Waals surface area contributed by atoms with Gasteiger partial charge in [-0.3, -0.25) is 4.98 Å². The number of aromatic nitrogens is 2. The number of hydrogen-bond donors (Lipinski definition) is 0. The van der Waals surface area contributed by atoms with Crippen LogP contribution in [0.25, 0.3) is 97.4 Å². The molecule has 10 aromatic rings. The summed E-state index contributed by atoms with van der Waals surface area (Å²) in [5.74, 6) is 0. The predicted molar refractivity (Wildman–Crippen MR) is 206 cm³/mol. The number of fused-ring (bicyclic) bond motifs is 13. The molecule has 0 saturated carbocycles. The molecule has 0 radical (unpaired) electrons. The average Bonchev–Trinajstić information content (AvgIpc) is 3.79. The maximum Gasteiger partial charge on any atom is 0.144 e. The topological polar surface area (TPSA) is 38.9 Å². The molecule has 0 atom stereocenters. The Balaban J connectivity index is 1.21. The fourth-order valence-electron chi connectivity index (χ4n) is 8.37. The molecule has 0 bridgehead atoms. The predicted octanol–water partition coefficient (Wildman–Crippen LogP) is 12.7. The maximum atomic E-state index is 6.81. The number of benzene rings is 6. The standard InChI is InChI=1S/C45H28N2OS/c1-45(2)34-17-5-3-11-30(34)39-35(45)24-33(38-32-12-4-6-18-37(32)48-42(38)39)29-15-7-13-27-28-14-8-16-31(44(28)49-43(27)29)36-22-21-26-20-19-25-10-9-23-46-40(25)41(26)47-36/h3-24H,1-2H3. The van der Waals surface area contributed by atoms with Gasteiger partial charge in [0.05, 0.1) is 16.7 Å². The van der Waals surface area contributed by atoms with Crippen molar-refractivity contribution >= 4 is 75.3 Å². The van der Waals surface area contributed by atoms with Gasteiger partial charge in [-0.05, 0) is 46.5 Å². The third-order valence-corrected chi connectivity index (χ3v) is 12.0. The van der Waals surface area contributed by atoms with Gasteiger partial charge in [0.1, 0.15) is 11.2 Å². The molecule has 0 amide bonds. The van der Waals surface area contributed by atoms with E-state index in [0.29, 0.717) is 0 Å². The van der Waals surface area contributed by atoms with Gasteiger partial charge >= 0.3 is 0 Å². The van der Waals surface area contributed by atoms with Crippen LogP contribution in [0.5, 0.6) is 0 Å². The third kappa shape index (κ3) is 3.61. The van der Waals surface area contributed by atoms with Crippen molar-refractivity contribution in [2.45, 2.75) is 19.3 Å². The van der Waals surface area contributed by atoms with Gasteiger partial charge in [0, 0.05) is 70.0 Å². The molecular formula is C45H28N2OS. The van der Waals surface area contributed by atoms with Gasteiger partial charge in [-0.2, -0.15) is 0 Å². The number of pyridine rings is 2. The fraction of sp³-hybridized carbons (Fsp3) is 0.0667. The highest BCUT2D eigenvalue weighted by Gasteiger charge is 2.38. The molecule has 0 saturated heterocycles. The highest BCUT2D eigenvalue weighted by Crippen LogP contribution is 2.55. The van der Waals surface area contributed by atoms with Crippen molar-refractivity contribution in [1.82, 2.24) is 9.97 Å². The minimum absolute atomic E-state index is 0.157. The van der Waals surface area contributed by atoms with Crippen LogP contribution in [0.2, 0.25) is 0 Å². The van der Waals surface area contributed by atoms with E-state index in [1.54, 1.807) is 0 Å². The third-order valence-electron chi connectivity index (χ3n) is 10.7. The first-order valence-corrected chi connectivity index (χ1v) is 17.6. The second-order valence-electron chi connectivity index (χ2n) is 13.7. The van der Waals surface area contributed by atoms with Crippen molar-refractivity contribution in [2.75, 3.05) is 0 Å². The summed E-state index contributed by atoms with van der Waals surface area (Å²) < 4.78 is 9.33. The molecule has 0 spiro atoms. The fourth-order valence-corrected chi connectivity index (χ4v) is 9.72. The lowest BCUT2D eigenvalue weighted by atomic mass is 9.81. The van der Waals surface area contributed by atoms with Crippen molar-refractivity contribution in [3.05, 3.63) is 145 Å². The lowest BCUT2D eigenvalue weighted by molar-refractivity contribution is 0.653. The van der Waals surface area contributed by atoms with E-state index in [4.69, 9.17) is 14.4 Å². The van der Waals surface area contributed by atoms with Gasteiger partial charge in [0.25, 0.3) is 0 Å². The number of hydrogen-bond acceptors (Lipinski definition) is 4. The number of furan rings is 1. The van der Waals surface area contributed by atoms with Crippen LogP contribution in [0.15, 0.2) is 138 Å². The van der Waals surface area contributed by atoms with E-state index in [9.17, 15) is 0 Å². The molecule has 6 aromatic carbocycles. The lowest BCUT2D eigenvalue weighted by Gasteiger charge is -2.22.